The minimum absolute atomic E-state index is 0.301. The molecule has 1 saturated heterocycles. The summed E-state index contributed by atoms with van der Waals surface area (Å²) in [6.45, 7) is 6.92. The summed E-state index contributed by atoms with van der Waals surface area (Å²) < 4.78 is 0. The molecule has 0 aromatic heterocycles. The molecule has 8 heteroatoms. The summed E-state index contributed by atoms with van der Waals surface area (Å²) in [4.78, 5) is 26.5. The normalized spacial score (nSPS) is 16.3. The minimum Gasteiger partial charge on any atom is -0.478 e. The molecule has 30 heavy (non-hydrogen) atoms. The molecule has 1 aromatic rings. The SMILES string of the molecule is CN(C)CCC(c1ccccc1)N1CCN(CCCO)CC1.O=C(O)/C=C\C(=O)O. The van der Waals surface area contributed by atoms with Crippen LogP contribution in [0.5, 0.6) is 0 Å². The molecule has 1 unspecified atom stereocenters. The van der Waals surface area contributed by atoms with Gasteiger partial charge in [0.25, 0.3) is 0 Å². The van der Waals surface area contributed by atoms with Crippen molar-refractivity contribution >= 4 is 11.9 Å². The molecular weight excluding hydrogens is 386 g/mol. The van der Waals surface area contributed by atoms with Crippen LogP contribution in [-0.2, 0) is 9.59 Å². The van der Waals surface area contributed by atoms with E-state index in [1.54, 1.807) is 0 Å². The standard InChI is InChI=1S/C18H31N3O.C4H4O4/c1-19(2)11-9-18(17-7-4-3-5-8-17)21-14-12-20(13-15-21)10-6-16-22;5-3(6)1-2-4(7)8/h3-5,7-8,18,22H,6,9-16H2,1-2H3;1-2H,(H,5,6)(H,7,8)/b;2-1-. The topological polar surface area (TPSA) is 105 Å². The van der Waals surface area contributed by atoms with Gasteiger partial charge in [0.2, 0.25) is 0 Å². The highest BCUT2D eigenvalue weighted by Crippen LogP contribution is 2.25. The first-order chi connectivity index (χ1) is 14.3. The summed E-state index contributed by atoms with van der Waals surface area (Å²) in [5, 5.41) is 24.6. The van der Waals surface area contributed by atoms with Crippen LogP contribution in [0.1, 0.15) is 24.4 Å². The molecular formula is C22H35N3O5. The number of piperazine rings is 1. The summed E-state index contributed by atoms with van der Waals surface area (Å²) in [6.07, 6.45) is 3.18. The number of carboxylic acids is 2. The molecule has 0 bridgehead atoms. The number of hydrogen-bond acceptors (Lipinski definition) is 6. The lowest BCUT2D eigenvalue weighted by atomic mass is 10.0. The van der Waals surface area contributed by atoms with Gasteiger partial charge in [-0.3, -0.25) is 4.90 Å². The predicted molar refractivity (Wildman–Crippen MR) is 116 cm³/mol. The molecule has 0 amide bonds. The van der Waals surface area contributed by atoms with Crippen molar-refractivity contribution in [1.29, 1.82) is 0 Å². The molecule has 0 saturated carbocycles. The van der Waals surface area contributed by atoms with Gasteiger partial charge in [-0.1, -0.05) is 30.3 Å². The Morgan fingerprint density at radius 1 is 1.03 bits per heavy atom. The third kappa shape index (κ3) is 11.1. The van der Waals surface area contributed by atoms with Crippen molar-refractivity contribution in [2.24, 2.45) is 0 Å². The lowest BCUT2D eigenvalue weighted by molar-refractivity contribution is -0.134. The van der Waals surface area contributed by atoms with Crippen LogP contribution in [0.2, 0.25) is 0 Å². The Hall–Kier alpha value is -2.26. The summed E-state index contributed by atoms with van der Waals surface area (Å²) in [5.41, 5.74) is 1.44. The van der Waals surface area contributed by atoms with Gasteiger partial charge in [-0.2, -0.15) is 0 Å². The van der Waals surface area contributed by atoms with E-state index in [4.69, 9.17) is 15.3 Å². The van der Waals surface area contributed by atoms with Crippen molar-refractivity contribution in [3.8, 4) is 0 Å². The van der Waals surface area contributed by atoms with Crippen LogP contribution in [0.4, 0.5) is 0 Å². The third-order valence-corrected chi connectivity index (χ3v) is 4.88. The van der Waals surface area contributed by atoms with Crippen LogP contribution < -0.4 is 0 Å². The van der Waals surface area contributed by atoms with Crippen molar-refractivity contribution < 1.29 is 24.9 Å². The maximum absolute atomic E-state index is 9.55. The van der Waals surface area contributed by atoms with Gasteiger partial charge in [0, 0.05) is 57.5 Å². The number of nitrogens with zero attached hydrogens (tertiary/aromatic N) is 3. The van der Waals surface area contributed by atoms with Crippen molar-refractivity contribution in [3.05, 3.63) is 48.0 Å². The molecule has 168 valence electrons. The van der Waals surface area contributed by atoms with E-state index >= 15 is 0 Å². The largest absolute Gasteiger partial charge is 0.478 e. The summed E-state index contributed by atoms with van der Waals surface area (Å²) in [7, 11) is 4.30. The predicted octanol–water partition coefficient (Wildman–Crippen LogP) is 1.39. The number of carboxylic acid groups (broad SMARTS) is 2. The average molecular weight is 422 g/mol. The zero-order valence-corrected chi connectivity index (χ0v) is 18.0. The Morgan fingerprint density at radius 3 is 2.07 bits per heavy atom. The van der Waals surface area contributed by atoms with E-state index < -0.39 is 11.9 Å². The second-order valence-corrected chi connectivity index (χ2v) is 7.48. The maximum Gasteiger partial charge on any atom is 0.328 e. The van der Waals surface area contributed by atoms with Gasteiger partial charge in [0.05, 0.1) is 0 Å². The fourth-order valence-electron chi connectivity index (χ4n) is 3.35. The fourth-order valence-corrected chi connectivity index (χ4v) is 3.35. The Bertz CT molecular complexity index is 627. The van der Waals surface area contributed by atoms with E-state index in [1.165, 1.54) is 12.0 Å². The summed E-state index contributed by atoms with van der Waals surface area (Å²) in [5.74, 6) is -2.51. The van der Waals surface area contributed by atoms with Gasteiger partial charge >= 0.3 is 11.9 Å². The van der Waals surface area contributed by atoms with Gasteiger partial charge in [-0.25, -0.2) is 9.59 Å². The Balaban J connectivity index is 0.000000479. The van der Waals surface area contributed by atoms with Crippen LogP contribution in [-0.4, -0.2) is 102 Å². The number of carbonyl (C=O) groups is 2. The molecule has 1 aromatic carbocycles. The number of aliphatic hydroxyl groups excluding tert-OH is 1. The first-order valence-electron chi connectivity index (χ1n) is 10.2. The molecule has 8 nitrogen and oxygen atoms in total. The third-order valence-electron chi connectivity index (χ3n) is 4.88. The number of aliphatic hydroxyl groups is 1. The minimum atomic E-state index is -1.26. The van der Waals surface area contributed by atoms with Gasteiger partial charge in [-0.05, 0) is 39.0 Å². The van der Waals surface area contributed by atoms with Gasteiger partial charge < -0.3 is 25.1 Å². The van der Waals surface area contributed by atoms with Gasteiger partial charge in [-0.15, -0.1) is 0 Å². The quantitative estimate of drug-likeness (QED) is 0.487. The van der Waals surface area contributed by atoms with Crippen LogP contribution in [0, 0.1) is 0 Å². The van der Waals surface area contributed by atoms with Crippen molar-refractivity contribution in [2.75, 3.05) is 60.0 Å². The first kappa shape index (κ1) is 25.8. The van der Waals surface area contributed by atoms with E-state index in [-0.39, 0.29) is 0 Å². The van der Waals surface area contributed by atoms with Gasteiger partial charge in [0.15, 0.2) is 0 Å². The number of aliphatic carboxylic acids is 2. The van der Waals surface area contributed by atoms with Crippen molar-refractivity contribution in [3.63, 3.8) is 0 Å². The summed E-state index contributed by atoms with van der Waals surface area (Å²) in [6, 6.07) is 11.4. The highest BCUT2D eigenvalue weighted by molar-refractivity contribution is 5.89. The number of benzene rings is 1. The summed E-state index contributed by atoms with van der Waals surface area (Å²) >= 11 is 0. The highest BCUT2D eigenvalue weighted by Gasteiger charge is 2.24. The Morgan fingerprint density at radius 2 is 1.60 bits per heavy atom. The van der Waals surface area contributed by atoms with E-state index in [0.29, 0.717) is 24.8 Å². The number of hydrogen-bond donors (Lipinski definition) is 3. The van der Waals surface area contributed by atoms with Crippen LogP contribution >= 0.6 is 0 Å². The molecule has 3 N–H and O–H groups in total. The molecule has 1 aliphatic rings. The van der Waals surface area contributed by atoms with Crippen LogP contribution in [0.25, 0.3) is 0 Å². The lowest BCUT2D eigenvalue weighted by Gasteiger charge is -2.40. The molecule has 0 radical (unpaired) electrons. The van der Waals surface area contributed by atoms with E-state index in [9.17, 15) is 9.59 Å². The van der Waals surface area contributed by atoms with E-state index in [1.807, 2.05) is 0 Å². The molecule has 2 rings (SSSR count). The second kappa shape index (κ2) is 14.7. The molecule has 1 atom stereocenters. The van der Waals surface area contributed by atoms with E-state index in [2.05, 4.69) is 59.1 Å². The lowest BCUT2D eigenvalue weighted by Crippen LogP contribution is -2.48. The first-order valence-corrected chi connectivity index (χ1v) is 10.2. The molecule has 1 heterocycles. The maximum atomic E-state index is 9.55. The molecule has 0 aliphatic carbocycles. The Kier molecular flexibility index (Phi) is 12.6. The zero-order valence-electron chi connectivity index (χ0n) is 18.0. The Labute approximate surface area is 179 Å². The highest BCUT2D eigenvalue weighted by atomic mass is 16.4. The van der Waals surface area contributed by atoms with Crippen molar-refractivity contribution in [1.82, 2.24) is 14.7 Å². The van der Waals surface area contributed by atoms with Crippen LogP contribution in [0.15, 0.2) is 42.5 Å². The van der Waals surface area contributed by atoms with E-state index in [0.717, 1.165) is 45.7 Å². The molecule has 1 aliphatic heterocycles. The molecule has 1 fully saturated rings. The number of rotatable bonds is 10. The molecule has 0 spiro atoms. The van der Waals surface area contributed by atoms with Crippen molar-refractivity contribution in [2.45, 2.75) is 18.9 Å². The second-order valence-electron chi connectivity index (χ2n) is 7.48. The average Bonchev–Trinajstić information content (AvgIpc) is 2.73. The zero-order chi connectivity index (χ0) is 22.4. The van der Waals surface area contributed by atoms with Gasteiger partial charge in [0.1, 0.15) is 0 Å². The monoisotopic (exact) mass is 421 g/mol. The smallest absolute Gasteiger partial charge is 0.328 e. The fraction of sp³-hybridized carbons (Fsp3) is 0.545. The van der Waals surface area contributed by atoms with Crippen LogP contribution in [0.3, 0.4) is 0 Å².